The molecule has 0 atom stereocenters. The maximum Gasteiger partial charge on any atom is 0.290 e. The Balaban J connectivity index is 2.83. The molecule has 1 fully saturated rings. The van der Waals surface area contributed by atoms with Crippen molar-refractivity contribution in [3.05, 3.63) is 11.8 Å². The van der Waals surface area contributed by atoms with E-state index in [1.165, 1.54) is 6.20 Å². The highest BCUT2D eigenvalue weighted by Gasteiger charge is 2.15. The van der Waals surface area contributed by atoms with Gasteiger partial charge in [-0.05, 0) is 12.8 Å². The summed E-state index contributed by atoms with van der Waals surface area (Å²) in [5.74, 6) is 0.325. The predicted molar refractivity (Wildman–Crippen MR) is 66.3 cm³/mol. The highest BCUT2D eigenvalue weighted by molar-refractivity contribution is 6.05. The number of hydrogen-bond acceptors (Lipinski definition) is 3. The van der Waals surface area contributed by atoms with Gasteiger partial charge in [-0.2, -0.15) is 10.3 Å². The Morgan fingerprint density at radius 2 is 2.24 bits per heavy atom. The Bertz CT molecular complexity index is 390. The minimum absolute atomic E-state index is 0.0708. The van der Waals surface area contributed by atoms with Crippen LogP contribution in [0.5, 0.6) is 0 Å². The topological polar surface area (TPSA) is 59.7 Å². The molecule has 0 saturated carbocycles. The molecule has 1 heterocycles. The first-order chi connectivity index (χ1) is 8.04. The zero-order valence-electron chi connectivity index (χ0n) is 10.6. The van der Waals surface area contributed by atoms with Crippen LogP contribution in [0.1, 0.15) is 19.3 Å². The number of likely N-dealkylation sites (tertiary alicyclic amines) is 1. The Morgan fingerprint density at radius 1 is 1.53 bits per heavy atom. The predicted octanol–water partition coefficient (Wildman–Crippen LogP) is 0.996. The Labute approximate surface area is 102 Å². The number of nitrogens with zero attached hydrogens (tertiary/aromatic N) is 4. The minimum Gasteiger partial charge on any atom is -0.382 e. The van der Waals surface area contributed by atoms with E-state index in [1.807, 2.05) is 18.0 Å². The van der Waals surface area contributed by atoms with Crippen LogP contribution in [0.2, 0.25) is 0 Å². The SMILES string of the molecule is CN(C)/C=C(\C#N)C(=O)N=C1CCCCN1C. The maximum absolute atomic E-state index is 11.8. The number of piperidine rings is 1. The van der Waals surface area contributed by atoms with E-state index in [1.54, 1.807) is 19.0 Å². The fourth-order valence-electron chi connectivity index (χ4n) is 1.66. The smallest absolute Gasteiger partial charge is 0.290 e. The molecule has 0 aromatic heterocycles. The van der Waals surface area contributed by atoms with Crippen LogP contribution in [0.25, 0.3) is 0 Å². The molecule has 17 heavy (non-hydrogen) atoms. The Morgan fingerprint density at radius 3 is 2.76 bits per heavy atom. The summed E-state index contributed by atoms with van der Waals surface area (Å²) >= 11 is 0. The van der Waals surface area contributed by atoms with E-state index in [-0.39, 0.29) is 5.57 Å². The molecule has 1 aliphatic rings. The number of hydrogen-bond donors (Lipinski definition) is 0. The number of aliphatic imine (C=N–C) groups is 1. The van der Waals surface area contributed by atoms with Crippen molar-refractivity contribution in [2.24, 2.45) is 4.99 Å². The van der Waals surface area contributed by atoms with E-state index in [9.17, 15) is 4.79 Å². The second kappa shape index (κ2) is 6.04. The summed E-state index contributed by atoms with van der Waals surface area (Å²) in [6, 6.07) is 1.88. The monoisotopic (exact) mass is 234 g/mol. The summed E-state index contributed by atoms with van der Waals surface area (Å²) in [5.41, 5.74) is 0.0708. The van der Waals surface area contributed by atoms with E-state index in [0.29, 0.717) is 0 Å². The summed E-state index contributed by atoms with van der Waals surface area (Å²) in [6.07, 6.45) is 4.48. The third-order valence-corrected chi connectivity index (χ3v) is 2.55. The van der Waals surface area contributed by atoms with Gasteiger partial charge in [0, 0.05) is 40.3 Å². The lowest BCUT2D eigenvalue weighted by atomic mass is 10.1. The molecule has 0 N–H and O–H groups in total. The highest BCUT2D eigenvalue weighted by atomic mass is 16.1. The second-order valence-electron chi connectivity index (χ2n) is 4.33. The molecule has 1 saturated heterocycles. The molecule has 0 unspecified atom stereocenters. The fourth-order valence-corrected chi connectivity index (χ4v) is 1.66. The Hall–Kier alpha value is -1.83. The van der Waals surface area contributed by atoms with Crippen LogP contribution < -0.4 is 0 Å². The van der Waals surface area contributed by atoms with Crippen LogP contribution in [-0.4, -0.2) is 49.2 Å². The van der Waals surface area contributed by atoms with Gasteiger partial charge in [-0.25, -0.2) is 0 Å². The number of nitriles is 1. The van der Waals surface area contributed by atoms with Gasteiger partial charge in [-0.1, -0.05) is 0 Å². The molecule has 92 valence electrons. The first-order valence-electron chi connectivity index (χ1n) is 5.66. The number of rotatable bonds is 2. The fraction of sp³-hybridized carbons (Fsp3) is 0.583. The molecule has 0 spiro atoms. The summed E-state index contributed by atoms with van der Waals surface area (Å²) in [6.45, 7) is 0.922. The molecule has 5 nitrogen and oxygen atoms in total. The van der Waals surface area contributed by atoms with Crippen LogP contribution >= 0.6 is 0 Å². The van der Waals surface area contributed by atoms with Gasteiger partial charge < -0.3 is 9.80 Å². The van der Waals surface area contributed by atoms with Gasteiger partial charge in [-0.3, -0.25) is 4.79 Å². The normalized spacial score (nSPS) is 19.1. The van der Waals surface area contributed by atoms with E-state index in [2.05, 4.69) is 4.99 Å². The van der Waals surface area contributed by atoms with E-state index in [4.69, 9.17) is 5.26 Å². The first-order valence-corrected chi connectivity index (χ1v) is 5.66. The summed E-state index contributed by atoms with van der Waals surface area (Å²) in [5, 5.41) is 8.89. The molecule has 1 rings (SSSR count). The van der Waals surface area contributed by atoms with Crippen LogP contribution in [0.4, 0.5) is 0 Å². The lowest BCUT2D eigenvalue weighted by Crippen LogP contribution is -2.32. The molecule has 5 heteroatoms. The third-order valence-electron chi connectivity index (χ3n) is 2.55. The van der Waals surface area contributed by atoms with Crippen molar-refractivity contribution in [2.45, 2.75) is 19.3 Å². The molecule has 1 aliphatic heterocycles. The number of carbonyl (C=O) groups excluding carboxylic acids is 1. The molecular weight excluding hydrogens is 216 g/mol. The highest BCUT2D eigenvalue weighted by Crippen LogP contribution is 2.11. The van der Waals surface area contributed by atoms with Gasteiger partial charge in [-0.15, -0.1) is 0 Å². The van der Waals surface area contributed by atoms with Crippen molar-refractivity contribution >= 4 is 11.7 Å². The summed E-state index contributed by atoms with van der Waals surface area (Å²) < 4.78 is 0. The molecule has 0 aliphatic carbocycles. The van der Waals surface area contributed by atoms with Crippen LogP contribution in [-0.2, 0) is 4.79 Å². The molecule has 0 bridgehead atoms. The molecule has 0 radical (unpaired) electrons. The van der Waals surface area contributed by atoms with Crippen LogP contribution in [0.15, 0.2) is 16.8 Å². The summed E-state index contributed by atoms with van der Waals surface area (Å²) in [4.78, 5) is 19.5. The standard InChI is InChI=1S/C12H18N4O/c1-15(2)9-10(8-13)12(17)14-11-6-4-5-7-16(11)3/h9H,4-7H2,1-3H3/b10-9+,14-11?. The number of amidine groups is 1. The van der Waals surface area contributed by atoms with Crippen LogP contribution in [0, 0.1) is 11.3 Å². The van der Waals surface area contributed by atoms with Crippen molar-refractivity contribution < 1.29 is 4.79 Å². The lowest BCUT2D eigenvalue weighted by Gasteiger charge is -2.25. The molecular formula is C12H18N4O. The van der Waals surface area contributed by atoms with Crippen molar-refractivity contribution in [1.82, 2.24) is 9.80 Å². The van der Waals surface area contributed by atoms with Crippen molar-refractivity contribution in [3.8, 4) is 6.07 Å². The van der Waals surface area contributed by atoms with Gasteiger partial charge in [0.05, 0.1) is 0 Å². The average molecular weight is 234 g/mol. The van der Waals surface area contributed by atoms with Crippen molar-refractivity contribution in [2.75, 3.05) is 27.7 Å². The molecule has 1 amide bonds. The van der Waals surface area contributed by atoms with Crippen LogP contribution in [0.3, 0.4) is 0 Å². The van der Waals surface area contributed by atoms with Crippen molar-refractivity contribution in [1.29, 1.82) is 5.26 Å². The average Bonchev–Trinajstić information content (AvgIpc) is 2.28. The zero-order valence-corrected chi connectivity index (χ0v) is 10.6. The number of carbonyl (C=O) groups is 1. The van der Waals surface area contributed by atoms with E-state index in [0.717, 1.165) is 31.6 Å². The maximum atomic E-state index is 11.8. The summed E-state index contributed by atoms with van der Waals surface area (Å²) in [7, 11) is 5.46. The first kappa shape index (κ1) is 13.2. The minimum atomic E-state index is -0.454. The van der Waals surface area contributed by atoms with Gasteiger partial charge >= 0.3 is 0 Å². The van der Waals surface area contributed by atoms with Gasteiger partial charge in [0.25, 0.3) is 5.91 Å². The quantitative estimate of drug-likeness (QED) is 0.528. The second-order valence-corrected chi connectivity index (χ2v) is 4.33. The zero-order chi connectivity index (χ0) is 12.8. The van der Waals surface area contributed by atoms with Gasteiger partial charge in [0.1, 0.15) is 17.5 Å². The Kier molecular flexibility index (Phi) is 4.70. The van der Waals surface area contributed by atoms with E-state index < -0.39 is 5.91 Å². The van der Waals surface area contributed by atoms with Crippen molar-refractivity contribution in [3.63, 3.8) is 0 Å². The van der Waals surface area contributed by atoms with Gasteiger partial charge in [0.2, 0.25) is 0 Å². The third kappa shape index (κ3) is 3.91. The molecule has 0 aromatic rings. The number of amides is 1. The van der Waals surface area contributed by atoms with E-state index >= 15 is 0 Å². The van der Waals surface area contributed by atoms with Gasteiger partial charge in [0.15, 0.2) is 0 Å². The largest absolute Gasteiger partial charge is 0.382 e. The lowest BCUT2D eigenvalue weighted by molar-refractivity contribution is -0.114. The molecule has 0 aromatic carbocycles.